The Morgan fingerprint density at radius 3 is 2.68 bits per heavy atom. The molecule has 0 aliphatic carbocycles. The van der Waals surface area contributed by atoms with Gasteiger partial charge < -0.3 is 14.8 Å². The second kappa shape index (κ2) is 7.23. The highest BCUT2D eigenvalue weighted by molar-refractivity contribution is 6.32. The molecule has 0 spiro atoms. The van der Waals surface area contributed by atoms with Crippen LogP contribution in [-0.2, 0) is 4.79 Å². The van der Waals surface area contributed by atoms with Gasteiger partial charge in [-0.2, -0.15) is 0 Å². The van der Waals surface area contributed by atoms with Crippen LogP contribution in [0.4, 0.5) is 11.4 Å². The zero-order valence-corrected chi connectivity index (χ0v) is 13.7. The predicted molar refractivity (Wildman–Crippen MR) is 93.2 cm³/mol. The van der Waals surface area contributed by atoms with Crippen LogP contribution in [0, 0.1) is 10.1 Å². The van der Waals surface area contributed by atoms with Crippen LogP contribution in [0.5, 0.6) is 11.5 Å². The first-order valence-corrected chi connectivity index (χ1v) is 7.73. The molecule has 8 heteroatoms. The Balaban J connectivity index is 1.69. The van der Waals surface area contributed by atoms with Gasteiger partial charge in [0.05, 0.1) is 4.92 Å². The van der Waals surface area contributed by atoms with Gasteiger partial charge in [0.15, 0.2) is 11.5 Å². The number of hydrogen-bond donors (Lipinski definition) is 1. The third-order valence-electron chi connectivity index (χ3n) is 3.40. The molecular weight excluding hydrogens is 348 g/mol. The van der Waals surface area contributed by atoms with Gasteiger partial charge in [-0.15, -0.1) is 0 Å². The number of anilines is 1. The summed E-state index contributed by atoms with van der Waals surface area (Å²) >= 11 is 5.75. The van der Waals surface area contributed by atoms with Crippen molar-refractivity contribution in [2.24, 2.45) is 0 Å². The van der Waals surface area contributed by atoms with E-state index in [0.717, 1.165) is 0 Å². The first-order chi connectivity index (χ1) is 12.0. The number of carbonyl (C=O) groups is 1. The molecule has 1 aliphatic rings. The third-order valence-corrected chi connectivity index (χ3v) is 3.72. The molecule has 3 rings (SSSR count). The highest BCUT2D eigenvalue weighted by Crippen LogP contribution is 2.32. The van der Waals surface area contributed by atoms with Crippen LogP contribution >= 0.6 is 11.6 Å². The molecule has 0 saturated carbocycles. The second-order valence-electron chi connectivity index (χ2n) is 5.15. The van der Waals surface area contributed by atoms with Crippen LogP contribution < -0.4 is 14.8 Å². The molecule has 1 N–H and O–H groups in total. The number of benzene rings is 2. The predicted octanol–water partition coefficient (Wildman–Crippen LogP) is 3.67. The van der Waals surface area contributed by atoms with Crippen LogP contribution in [-0.4, -0.2) is 24.0 Å². The number of nitrogens with one attached hydrogen (secondary N) is 1. The van der Waals surface area contributed by atoms with Crippen molar-refractivity contribution >= 4 is 35.0 Å². The van der Waals surface area contributed by atoms with Gasteiger partial charge in [0.2, 0.25) is 5.91 Å². The molecule has 7 nitrogen and oxygen atoms in total. The molecule has 128 valence electrons. The zero-order chi connectivity index (χ0) is 17.8. The molecule has 1 amide bonds. The summed E-state index contributed by atoms with van der Waals surface area (Å²) in [5.41, 5.74) is 0.838. The molecule has 1 aliphatic heterocycles. The first kappa shape index (κ1) is 16.8. The minimum atomic E-state index is -0.574. The van der Waals surface area contributed by atoms with Gasteiger partial charge >= 0.3 is 0 Å². The van der Waals surface area contributed by atoms with Crippen LogP contribution in [0.1, 0.15) is 5.56 Å². The molecule has 0 bridgehead atoms. The maximum Gasteiger partial charge on any atom is 0.288 e. The van der Waals surface area contributed by atoms with Gasteiger partial charge in [-0.3, -0.25) is 14.9 Å². The average Bonchev–Trinajstić information content (AvgIpc) is 2.60. The summed E-state index contributed by atoms with van der Waals surface area (Å²) in [5.74, 6) is 0.823. The van der Waals surface area contributed by atoms with E-state index in [9.17, 15) is 14.9 Å². The number of nitro groups is 1. The highest BCUT2D eigenvalue weighted by Gasteiger charge is 2.13. The van der Waals surface area contributed by atoms with Crippen molar-refractivity contribution in [1.29, 1.82) is 0 Å². The normalized spacial score (nSPS) is 12.8. The van der Waals surface area contributed by atoms with E-state index >= 15 is 0 Å². The van der Waals surface area contributed by atoms with Gasteiger partial charge in [-0.25, -0.2) is 0 Å². The fourth-order valence-electron chi connectivity index (χ4n) is 2.25. The van der Waals surface area contributed by atoms with E-state index in [1.807, 2.05) is 0 Å². The van der Waals surface area contributed by atoms with Crippen LogP contribution in [0.15, 0.2) is 42.5 Å². The highest BCUT2D eigenvalue weighted by atomic mass is 35.5. The molecular formula is C17H13ClN2O5. The van der Waals surface area contributed by atoms with Crippen molar-refractivity contribution in [3.05, 3.63) is 63.2 Å². The molecule has 25 heavy (non-hydrogen) atoms. The monoisotopic (exact) mass is 360 g/mol. The van der Waals surface area contributed by atoms with Crippen molar-refractivity contribution in [2.75, 3.05) is 18.5 Å². The summed E-state index contributed by atoms with van der Waals surface area (Å²) in [6, 6.07) is 9.40. The molecule has 0 fully saturated rings. The lowest BCUT2D eigenvalue weighted by Gasteiger charge is -2.18. The van der Waals surface area contributed by atoms with Crippen LogP contribution in [0.2, 0.25) is 5.02 Å². The number of amides is 1. The van der Waals surface area contributed by atoms with E-state index in [4.69, 9.17) is 21.1 Å². The number of carbonyl (C=O) groups excluding carboxylic acids is 1. The van der Waals surface area contributed by atoms with Crippen molar-refractivity contribution < 1.29 is 19.2 Å². The molecule has 0 radical (unpaired) electrons. The van der Waals surface area contributed by atoms with E-state index < -0.39 is 4.92 Å². The van der Waals surface area contributed by atoms with Gasteiger partial charge in [0, 0.05) is 23.9 Å². The lowest BCUT2D eigenvalue weighted by atomic mass is 10.2. The number of hydrogen-bond acceptors (Lipinski definition) is 5. The Morgan fingerprint density at radius 1 is 1.16 bits per heavy atom. The van der Waals surface area contributed by atoms with Gasteiger partial charge in [0.1, 0.15) is 18.2 Å². The zero-order valence-electron chi connectivity index (χ0n) is 12.9. The molecule has 0 aromatic heterocycles. The topological polar surface area (TPSA) is 90.7 Å². The summed E-state index contributed by atoms with van der Waals surface area (Å²) in [6.45, 7) is 0.953. The molecule has 1 heterocycles. The summed E-state index contributed by atoms with van der Waals surface area (Å²) in [7, 11) is 0. The Kier molecular flexibility index (Phi) is 4.85. The average molecular weight is 361 g/mol. The van der Waals surface area contributed by atoms with E-state index in [1.54, 1.807) is 24.3 Å². The molecule has 0 atom stereocenters. The summed E-state index contributed by atoms with van der Waals surface area (Å²) < 4.78 is 10.9. The fourth-order valence-corrected chi connectivity index (χ4v) is 2.44. The minimum absolute atomic E-state index is 0.0443. The SMILES string of the molecule is O=C(/C=C/c1ccc(Cl)c([N+](=O)[O-])c1)Nc1ccc2c(c1)OCCO2. The van der Waals surface area contributed by atoms with Crippen molar-refractivity contribution in [3.8, 4) is 11.5 Å². The van der Waals surface area contributed by atoms with Crippen LogP contribution in [0.3, 0.4) is 0 Å². The van der Waals surface area contributed by atoms with E-state index in [2.05, 4.69) is 5.32 Å². The van der Waals surface area contributed by atoms with Gasteiger partial charge in [0.25, 0.3) is 5.69 Å². The molecule has 0 saturated heterocycles. The standard InChI is InChI=1S/C17H13ClN2O5/c18-13-4-1-11(9-14(13)20(22)23)2-6-17(21)19-12-3-5-15-16(10-12)25-8-7-24-15/h1-6,9-10H,7-8H2,(H,19,21)/b6-2+. The van der Waals surface area contributed by atoms with E-state index in [1.165, 1.54) is 24.3 Å². The largest absolute Gasteiger partial charge is 0.486 e. The number of nitro benzene ring substituents is 1. The number of halogens is 1. The van der Waals surface area contributed by atoms with E-state index in [0.29, 0.717) is 36.0 Å². The minimum Gasteiger partial charge on any atom is -0.486 e. The first-order valence-electron chi connectivity index (χ1n) is 7.35. The Labute approximate surface area is 148 Å². The summed E-state index contributed by atoms with van der Waals surface area (Å²) in [4.78, 5) is 22.3. The third kappa shape index (κ3) is 4.07. The van der Waals surface area contributed by atoms with Crippen molar-refractivity contribution in [2.45, 2.75) is 0 Å². The molecule has 0 unspecified atom stereocenters. The fraction of sp³-hybridized carbons (Fsp3) is 0.118. The molecule has 2 aromatic rings. The maximum absolute atomic E-state index is 12.0. The smallest absolute Gasteiger partial charge is 0.288 e. The Morgan fingerprint density at radius 2 is 1.92 bits per heavy atom. The maximum atomic E-state index is 12.0. The quantitative estimate of drug-likeness (QED) is 0.510. The van der Waals surface area contributed by atoms with Gasteiger partial charge in [-0.05, 0) is 29.8 Å². The lowest BCUT2D eigenvalue weighted by molar-refractivity contribution is -0.384. The van der Waals surface area contributed by atoms with Gasteiger partial charge in [-0.1, -0.05) is 17.7 Å². The van der Waals surface area contributed by atoms with E-state index in [-0.39, 0.29) is 16.6 Å². The number of fused-ring (bicyclic) bond motifs is 1. The van der Waals surface area contributed by atoms with Crippen molar-refractivity contribution in [1.82, 2.24) is 0 Å². The number of ether oxygens (including phenoxy) is 2. The number of rotatable bonds is 4. The Bertz CT molecular complexity index is 866. The van der Waals surface area contributed by atoms with Crippen LogP contribution in [0.25, 0.3) is 6.08 Å². The lowest BCUT2D eigenvalue weighted by Crippen LogP contribution is -2.16. The second-order valence-corrected chi connectivity index (χ2v) is 5.56. The number of nitrogens with zero attached hydrogens (tertiary/aromatic N) is 1. The summed E-state index contributed by atoms with van der Waals surface area (Å²) in [6.07, 6.45) is 2.75. The summed E-state index contributed by atoms with van der Waals surface area (Å²) in [5, 5.41) is 13.6. The molecule has 2 aromatic carbocycles. The van der Waals surface area contributed by atoms with Crippen molar-refractivity contribution in [3.63, 3.8) is 0 Å². The Hall–Kier alpha value is -3.06.